The van der Waals surface area contributed by atoms with Crippen LogP contribution in [0.3, 0.4) is 0 Å². The summed E-state index contributed by atoms with van der Waals surface area (Å²) in [6, 6.07) is 0. The zero-order valence-corrected chi connectivity index (χ0v) is 56.9. The predicted molar refractivity (Wildman–Crippen MR) is 371 cm³/mol. The van der Waals surface area contributed by atoms with E-state index in [1.807, 2.05) is 21.1 Å². The molecular formula is C76H131NO8P+. The molecule has 0 fully saturated rings. The van der Waals surface area contributed by atoms with Crippen molar-refractivity contribution in [3.8, 4) is 0 Å². The minimum Gasteiger partial charge on any atom is -0.462 e. The molecule has 2 atom stereocenters. The Morgan fingerprint density at radius 3 is 1.00 bits per heavy atom. The van der Waals surface area contributed by atoms with Gasteiger partial charge in [-0.25, -0.2) is 4.57 Å². The zero-order chi connectivity index (χ0) is 62.6. The smallest absolute Gasteiger partial charge is 0.462 e. The summed E-state index contributed by atoms with van der Waals surface area (Å²) in [6.45, 7) is 4.30. The van der Waals surface area contributed by atoms with Gasteiger partial charge in [-0.05, 0) is 116 Å². The minimum absolute atomic E-state index is 0.0203. The number of phosphoric acid groups is 1. The molecule has 0 aliphatic heterocycles. The first-order chi connectivity index (χ1) is 42.0. The van der Waals surface area contributed by atoms with E-state index >= 15 is 0 Å². The molecule has 86 heavy (non-hydrogen) atoms. The number of unbranched alkanes of at least 4 members (excludes halogenated alkanes) is 27. The van der Waals surface area contributed by atoms with E-state index in [9.17, 15) is 19.0 Å². The molecule has 0 aliphatic rings. The number of allylic oxidation sites excluding steroid dienone is 22. The molecule has 0 amide bonds. The Labute approximate surface area is 530 Å². The third-order valence-electron chi connectivity index (χ3n) is 14.7. The molecule has 10 heteroatoms. The second-order valence-electron chi connectivity index (χ2n) is 24.2. The van der Waals surface area contributed by atoms with Crippen LogP contribution in [0.5, 0.6) is 0 Å². The van der Waals surface area contributed by atoms with Crippen molar-refractivity contribution in [1.82, 2.24) is 0 Å². The molecule has 0 saturated carbocycles. The lowest BCUT2D eigenvalue weighted by Gasteiger charge is -2.24. The van der Waals surface area contributed by atoms with Crippen LogP contribution in [0.25, 0.3) is 0 Å². The Morgan fingerprint density at radius 2 is 0.663 bits per heavy atom. The number of nitrogens with zero attached hydrogens (tertiary/aromatic N) is 1. The van der Waals surface area contributed by atoms with Gasteiger partial charge >= 0.3 is 19.8 Å². The van der Waals surface area contributed by atoms with Crippen LogP contribution in [0.4, 0.5) is 0 Å². The van der Waals surface area contributed by atoms with Gasteiger partial charge in [0, 0.05) is 12.8 Å². The third kappa shape index (κ3) is 69.3. The van der Waals surface area contributed by atoms with E-state index in [1.54, 1.807) is 0 Å². The van der Waals surface area contributed by atoms with Gasteiger partial charge in [0.05, 0.1) is 27.7 Å². The number of phosphoric ester groups is 1. The van der Waals surface area contributed by atoms with Crippen LogP contribution >= 0.6 is 7.82 Å². The molecule has 0 saturated heterocycles. The van der Waals surface area contributed by atoms with Crippen molar-refractivity contribution in [2.45, 2.75) is 290 Å². The highest BCUT2D eigenvalue weighted by atomic mass is 31.2. The topological polar surface area (TPSA) is 108 Å². The van der Waals surface area contributed by atoms with Crippen molar-refractivity contribution in [1.29, 1.82) is 0 Å². The number of likely N-dealkylation sites (N-methyl/N-ethyl adjacent to an activating group) is 1. The van der Waals surface area contributed by atoms with Crippen molar-refractivity contribution in [3.05, 3.63) is 134 Å². The summed E-state index contributed by atoms with van der Waals surface area (Å²) in [5, 5.41) is 0. The zero-order valence-electron chi connectivity index (χ0n) is 56.0. The minimum atomic E-state index is -4.41. The molecular weight excluding hydrogens is 1090 g/mol. The summed E-state index contributed by atoms with van der Waals surface area (Å²) in [4.78, 5) is 35.9. The first kappa shape index (κ1) is 82.1. The maximum Gasteiger partial charge on any atom is 0.472 e. The Balaban J connectivity index is 4.17. The molecule has 1 N–H and O–H groups in total. The van der Waals surface area contributed by atoms with E-state index < -0.39 is 26.5 Å². The average molecular weight is 1220 g/mol. The van der Waals surface area contributed by atoms with Gasteiger partial charge in [-0.2, -0.15) is 0 Å². The number of hydrogen-bond donors (Lipinski definition) is 1. The van der Waals surface area contributed by atoms with Crippen LogP contribution in [0.15, 0.2) is 134 Å². The first-order valence-corrected chi connectivity index (χ1v) is 36.4. The number of quaternary nitrogens is 1. The Bertz CT molecular complexity index is 1910. The molecule has 0 heterocycles. The van der Waals surface area contributed by atoms with E-state index in [0.717, 1.165) is 109 Å². The van der Waals surface area contributed by atoms with Crippen molar-refractivity contribution in [3.63, 3.8) is 0 Å². The van der Waals surface area contributed by atoms with Crippen molar-refractivity contribution >= 4 is 19.8 Å². The molecule has 0 aliphatic carbocycles. The SMILES string of the molecule is CC/C=C\C/C=C\C/C=C\C/C=C\C/C=C\C/C=C\C/C=C\C/C=C\C/C=C\C/C=C\CCCCCCC(=O)OC(COC(=O)CCCCCCCCCCCCCCCCC/C=C\CCCCCCCCCC)COP(=O)(O)OCC[N+](C)(C)C. The average Bonchev–Trinajstić information content (AvgIpc) is 3.56. The third-order valence-corrected chi connectivity index (χ3v) is 15.6. The number of hydrogen-bond acceptors (Lipinski definition) is 7. The number of carbonyl (C=O) groups is 2. The lowest BCUT2D eigenvalue weighted by Crippen LogP contribution is -2.37. The molecule has 0 radical (unpaired) electrons. The van der Waals surface area contributed by atoms with Crippen molar-refractivity contribution in [2.24, 2.45) is 0 Å². The monoisotopic (exact) mass is 1220 g/mol. The lowest BCUT2D eigenvalue weighted by atomic mass is 10.0. The molecule has 0 aromatic carbocycles. The van der Waals surface area contributed by atoms with Crippen LogP contribution < -0.4 is 0 Å². The largest absolute Gasteiger partial charge is 0.472 e. The molecule has 9 nitrogen and oxygen atoms in total. The van der Waals surface area contributed by atoms with E-state index in [-0.39, 0.29) is 32.0 Å². The second-order valence-corrected chi connectivity index (χ2v) is 25.6. The van der Waals surface area contributed by atoms with Gasteiger partial charge in [-0.1, -0.05) is 289 Å². The number of esters is 2. The summed E-state index contributed by atoms with van der Waals surface area (Å²) >= 11 is 0. The van der Waals surface area contributed by atoms with Crippen LogP contribution in [0.2, 0.25) is 0 Å². The molecule has 492 valence electrons. The van der Waals surface area contributed by atoms with Gasteiger partial charge in [-0.3, -0.25) is 18.6 Å². The van der Waals surface area contributed by atoms with Gasteiger partial charge in [0.1, 0.15) is 19.8 Å². The molecule has 0 aromatic rings. The summed E-state index contributed by atoms with van der Waals surface area (Å²) in [6.07, 6.45) is 95.5. The number of rotatable bonds is 63. The van der Waals surface area contributed by atoms with Gasteiger partial charge in [0.15, 0.2) is 6.10 Å². The van der Waals surface area contributed by atoms with Gasteiger partial charge in [-0.15, -0.1) is 0 Å². The van der Waals surface area contributed by atoms with E-state index in [0.29, 0.717) is 17.4 Å². The quantitative estimate of drug-likeness (QED) is 0.0211. The van der Waals surface area contributed by atoms with Crippen LogP contribution in [0.1, 0.15) is 284 Å². The maximum absolute atomic E-state index is 12.9. The normalized spacial score (nSPS) is 14.0. The molecule has 0 rings (SSSR count). The van der Waals surface area contributed by atoms with Crippen LogP contribution in [-0.4, -0.2) is 74.9 Å². The Kier molecular flexibility index (Phi) is 62.7. The highest BCUT2D eigenvalue weighted by Gasteiger charge is 2.27. The predicted octanol–water partition coefficient (Wildman–Crippen LogP) is 22.8. The van der Waals surface area contributed by atoms with Crippen molar-refractivity contribution < 1.29 is 42.1 Å². The van der Waals surface area contributed by atoms with E-state index in [4.69, 9.17) is 18.5 Å². The maximum atomic E-state index is 12.9. The molecule has 0 bridgehead atoms. The van der Waals surface area contributed by atoms with E-state index in [1.165, 1.54) is 141 Å². The summed E-state index contributed by atoms with van der Waals surface area (Å²) < 4.78 is 34.7. The highest BCUT2D eigenvalue weighted by molar-refractivity contribution is 7.47. The Morgan fingerprint density at radius 1 is 0.372 bits per heavy atom. The van der Waals surface area contributed by atoms with Gasteiger partial charge in [0.2, 0.25) is 0 Å². The summed E-state index contributed by atoms with van der Waals surface area (Å²) in [5.41, 5.74) is 0. The first-order valence-electron chi connectivity index (χ1n) is 34.9. The molecule has 0 spiro atoms. The number of ether oxygens (including phenoxy) is 2. The fourth-order valence-electron chi connectivity index (χ4n) is 9.33. The fraction of sp³-hybridized carbons (Fsp3) is 0.684. The van der Waals surface area contributed by atoms with Crippen molar-refractivity contribution in [2.75, 3.05) is 47.5 Å². The van der Waals surface area contributed by atoms with E-state index in [2.05, 4.69) is 148 Å². The van der Waals surface area contributed by atoms with Crippen LogP contribution in [0, 0.1) is 0 Å². The standard InChI is InChI=1S/C76H130NO8P/c1-6-8-10-12-14-16-18-20-22-24-26-28-30-32-34-35-36-37-38-39-40-41-43-45-47-49-51-53-55-57-59-61-63-65-67-69-76(79)85-74(73-84-86(80,81)83-71-70-77(3,4)5)72-82-75(78)68-66-64-62-60-58-56-54-52-50-48-46-44-42-33-31-29-27-25-23-21-19-17-15-13-11-9-7-2/h8,10,14,16,20,22,25-28,32,34,36-37,39-40,43,45,49,51,55,57,74H,6-7,9,11-13,15,17-19,21,23-24,29-31,33,35,38,41-42,44,46-48,50,52-54,56,58-73H2,1-5H3/p+1/b10-8-,16-14-,22-20-,27-25-,28-26-,34-32-,37-36-,40-39-,45-43-,51-49-,57-55-. The Hall–Kier alpha value is -3.85. The summed E-state index contributed by atoms with van der Waals surface area (Å²) in [7, 11) is 1.45. The molecule has 2 unspecified atom stereocenters. The fourth-order valence-corrected chi connectivity index (χ4v) is 10.1. The number of carbonyl (C=O) groups excluding carboxylic acids is 2. The highest BCUT2D eigenvalue weighted by Crippen LogP contribution is 2.43. The van der Waals surface area contributed by atoms with Gasteiger partial charge in [0.25, 0.3) is 0 Å². The second kappa shape index (κ2) is 65.6. The van der Waals surface area contributed by atoms with Gasteiger partial charge < -0.3 is 18.9 Å². The lowest BCUT2D eigenvalue weighted by molar-refractivity contribution is -0.870. The van der Waals surface area contributed by atoms with Crippen LogP contribution in [-0.2, 0) is 32.7 Å². The molecule has 0 aromatic heterocycles. The summed E-state index contributed by atoms with van der Waals surface area (Å²) in [5.74, 6) is -0.827.